The fourth-order valence-corrected chi connectivity index (χ4v) is 2.98. The van der Waals surface area contributed by atoms with Crippen LogP contribution in [-0.4, -0.2) is 44.8 Å². The van der Waals surface area contributed by atoms with Crippen LogP contribution in [-0.2, 0) is 28.4 Å². The number of benzene rings is 1. The SMILES string of the molecule is [CH2-]C1([CH2-])CN(C(=O)c2cnn(Cc3ccccc3)c2)C[C@H]1C(=O)O.[Mn+2]. The minimum atomic E-state index is -0.977. The molecule has 0 aliphatic carbocycles. The van der Waals surface area contributed by atoms with Crippen molar-refractivity contribution in [2.24, 2.45) is 11.3 Å². The number of aliphatic carboxylic acids is 1. The molecule has 1 aliphatic rings. The largest absolute Gasteiger partial charge is 2.00 e. The first-order chi connectivity index (χ1) is 11.4. The van der Waals surface area contributed by atoms with E-state index in [-0.39, 0.29) is 36.1 Å². The molecule has 7 heteroatoms. The number of hydrogen-bond donors (Lipinski definition) is 1. The number of carbonyl (C=O) groups excluding carboxylic acids is 1. The molecule has 131 valence electrons. The zero-order chi connectivity index (χ0) is 17.3. The van der Waals surface area contributed by atoms with E-state index in [0.717, 1.165) is 5.56 Å². The summed E-state index contributed by atoms with van der Waals surface area (Å²) < 4.78 is 1.69. The third kappa shape index (κ3) is 4.11. The summed E-state index contributed by atoms with van der Waals surface area (Å²) in [5.41, 5.74) is 0.593. The predicted octanol–water partition coefficient (Wildman–Crippen LogP) is 1.74. The molecule has 1 radical (unpaired) electrons. The maximum absolute atomic E-state index is 12.6. The Bertz CT molecular complexity index is 758. The number of likely N-dealkylation sites (tertiary alicyclic amines) is 1. The second-order valence-corrected chi connectivity index (χ2v) is 6.35. The van der Waals surface area contributed by atoms with Gasteiger partial charge in [0.25, 0.3) is 5.91 Å². The minimum absolute atomic E-state index is 0. The Morgan fingerprint density at radius 3 is 2.56 bits per heavy atom. The number of rotatable bonds is 4. The molecule has 0 spiro atoms. The molecule has 1 amide bonds. The van der Waals surface area contributed by atoms with E-state index in [1.165, 1.54) is 11.1 Å². The van der Waals surface area contributed by atoms with Gasteiger partial charge in [-0.3, -0.25) is 19.7 Å². The van der Waals surface area contributed by atoms with Crippen LogP contribution in [0.1, 0.15) is 15.9 Å². The van der Waals surface area contributed by atoms with Gasteiger partial charge in [0, 0.05) is 18.7 Å². The molecule has 1 N–H and O–H groups in total. The summed E-state index contributed by atoms with van der Waals surface area (Å²) >= 11 is 0. The molecule has 1 aromatic carbocycles. The number of aromatic nitrogens is 2. The molecule has 1 saturated heterocycles. The summed E-state index contributed by atoms with van der Waals surface area (Å²) in [6, 6.07) is 9.81. The van der Waals surface area contributed by atoms with Crippen molar-refractivity contribution in [3.05, 3.63) is 67.7 Å². The van der Waals surface area contributed by atoms with Crippen molar-refractivity contribution in [3.63, 3.8) is 0 Å². The normalized spacial score (nSPS) is 18.6. The average molecular weight is 380 g/mol. The summed E-state index contributed by atoms with van der Waals surface area (Å²) in [6.45, 7) is 8.61. The van der Waals surface area contributed by atoms with E-state index in [0.29, 0.717) is 12.1 Å². The van der Waals surface area contributed by atoms with Gasteiger partial charge in [0.15, 0.2) is 0 Å². The van der Waals surface area contributed by atoms with Gasteiger partial charge in [0.05, 0.1) is 18.3 Å². The van der Waals surface area contributed by atoms with Crippen LogP contribution in [0.15, 0.2) is 42.7 Å². The molecular weight excluding hydrogens is 361 g/mol. The van der Waals surface area contributed by atoms with Crippen molar-refractivity contribution in [3.8, 4) is 0 Å². The molecule has 0 unspecified atom stereocenters. The van der Waals surface area contributed by atoms with Gasteiger partial charge in [-0.15, -0.1) is 0 Å². The van der Waals surface area contributed by atoms with Crippen LogP contribution in [0.4, 0.5) is 0 Å². The van der Waals surface area contributed by atoms with E-state index < -0.39 is 17.3 Å². The zero-order valence-corrected chi connectivity index (χ0v) is 14.8. The van der Waals surface area contributed by atoms with Crippen LogP contribution in [0.5, 0.6) is 0 Å². The van der Waals surface area contributed by atoms with Crippen molar-refractivity contribution in [2.75, 3.05) is 13.1 Å². The smallest absolute Gasteiger partial charge is 0.481 e. The molecule has 0 saturated carbocycles. The molecule has 3 rings (SSSR count). The first-order valence-electron chi connectivity index (χ1n) is 7.66. The Morgan fingerprint density at radius 1 is 1.28 bits per heavy atom. The van der Waals surface area contributed by atoms with Gasteiger partial charge in [0.1, 0.15) is 0 Å². The third-order valence-corrected chi connectivity index (χ3v) is 4.30. The molecular formula is C18H19MnN3O3. The monoisotopic (exact) mass is 380 g/mol. The van der Waals surface area contributed by atoms with Gasteiger partial charge in [-0.25, -0.2) is 0 Å². The Morgan fingerprint density at radius 2 is 1.96 bits per heavy atom. The summed E-state index contributed by atoms with van der Waals surface area (Å²) in [5, 5.41) is 13.5. The fraction of sp³-hybridized carbons (Fsp3) is 0.278. The Balaban J connectivity index is 0.00000225. The van der Waals surface area contributed by atoms with Gasteiger partial charge < -0.3 is 23.9 Å². The summed E-state index contributed by atoms with van der Waals surface area (Å²) in [4.78, 5) is 25.4. The van der Waals surface area contributed by atoms with E-state index in [4.69, 9.17) is 0 Å². The van der Waals surface area contributed by atoms with Crippen molar-refractivity contribution < 1.29 is 31.8 Å². The van der Waals surface area contributed by atoms with Gasteiger partial charge in [0.2, 0.25) is 0 Å². The second kappa shape index (κ2) is 7.42. The number of hydrogen-bond acceptors (Lipinski definition) is 3. The first kappa shape index (κ1) is 19.2. The zero-order valence-electron chi connectivity index (χ0n) is 13.6. The van der Waals surface area contributed by atoms with Crippen molar-refractivity contribution in [1.82, 2.24) is 14.7 Å². The molecule has 1 aromatic heterocycles. The van der Waals surface area contributed by atoms with Crippen LogP contribution in [0, 0.1) is 25.2 Å². The second-order valence-electron chi connectivity index (χ2n) is 6.35. The fourth-order valence-electron chi connectivity index (χ4n) is 2.98. The van der Waals surface area contributed by atoms with E-state index in [9.17, 15) is 14.7 Å². The predicted molar refractivity (Wildman–Crippen MR) is 87.9 cm³/mol. The molecule has 25 heavy (non-hydrogen) atoms. The molecule has 6 nitrogen and oxygen atoms in total. The van der Waals surface area contributed by atoms with E-state index in [1.807, 2.05) is 30.3 Å². The van der Waals surface area contributed by atoms with Gasteiger partial charge >= 0.3 is 23.0 Å². The van der Waals surface area contributed by atoms with Crippen LogP contribution in [0.3, 0.4) is 0 Å². The minimum Gasteiger partial charge on any atom is -0.481 e. The van der Waals surface area contributed by atoms with Crippen molar-refractivity contribution in [2.45, 2.75) is 6.54 Å². The molecule has 2 heterocycles. The number of nitrogens with zero attached hydrogens (tertiary/aromatic N) is 3. The molecule has 0 bridgehead atoms. The first-order valence-corrected chi connectivity index (χ1v) is 7.66. The average Bonchev–Trinajstić information content (AvgIpc) is 3.11. The van der Waals surface area contributed by atoms with Crippen LogP contribution < -0.4 is 0 Å². The van der Waals surface area contributed by atoms with E-state index >= 15 is 0 Å². The topological polar surface area (TPSA) is 75.4 Å². The van der Waals surface area contributed by atoms with Crippen LogP contribution in [0.25, 0.3) is 0 Å². The standard InChI is InChI=1S/C18H19N3O3.Mn/c1-18(2)12-20(11-15(18)17(23)24)16(22)14-8-19-21(10-14)9-13-6-4-3-5-7-13;/h3-8,10,15H,1-2,9,11-12H2,(H,23,24);/q-2;+2/t15-;/m0./s1. The summed E-state index contributed by atoms with van der Waals surface area (Å²) in [5.74, 6) is -1.98. The summed E-state index contributed by atoms with van der Waals surface area (Å²) in [7, 11) is 0. The molecule has 1 fully saturated rings. The van der Waals surface area contributed by atoms with E-state index in [2.05, 4.69) is 18.9 Å². The van der Waals surface area contributed by atoms with Crippen LogP contribution in [0.2, 0.25) is 0 Å². The molecule has 2 aromatic rings. The maximum atomic E-state index is 12.6. The van der Waals surface area contributed by atoms with Crippen LogP contribution >= 0.6 is 0 Å². The van der Waals surface area contributed by atoms with E-state index in [1.54, 1.807) is 10.9 Å². The Labute approximate surface area is 157 Å². The number of carboxylic acid groups (broad SMARTS) is 1. The van der Waals surface area contributed by atoms with Crippen molar-refractivity contribution in [1.29, 1.82) is 0 Å². The van der Waals surface area contributed by atoms with Gasteiger partial charge in [-0.1, -0.05) is 30.3 Å². The maximum Gasteiger partial charge on any atom is 2.00 e. The van der Waals surface area contributed by atoms with Crippen molar-refractivity contribution >= 4 is 11.9 Å². The number of carbonyl (C=O) groups is 2. The Hall–Kier alpha value is -2.11. The molecule has 1 aliphatic heterocycles. The quantitative estimate of drug-likeness (QED) is 0.648. The summed E-state index contributed by atoms with van der Waals surface area (Å²) in [6.07, 6.45) is 3.19. The Kier molecular flexibility index (Phi) is 5.70. The number of amides is 1. The van der Waals surface area contributed by atoms with Gasteiger partial charge in [-0.05, 0) is 12.1 Å². The molecule has 1 atom stereocenters. The van der Waals surface area contributed by atoms with Gasteiger partial charge in [-0.2, -0.15) is 5.10 Å². The number of carboxylic acids is 1. The third-order valence-electron chi connectivity index (χ3n) is 4.30.